The minimum absolute atomic E-state index is 0.381. The maximum absolute atomic E-state index is 6.80. The quantitative estimate of drug-likeness (QED) is 0.340. The fraction of sp³-hybridized carbons (Fsp3) is 0.200. The van der Waals surface area contributed by atoms with Crippen LogP contribution in [0.5, 0.6) is 0 Å². The van der Waals surface area contributed by atoms with Gasteiger partial charge in [0.1, 0.15) is 0 Å². The summed E-state index contributed by atoms with van der Waals surface area (Å²) < 4.78 is 1.31. The van der Waals surface area contributed by atoms with Crippen molar-refractivity contribution in [3.05, 3.63) is 64.6 Å². The Morgan fingerprint density at radius 1 is 0.957 bits per heavy atom. The van der Waals surface area contributed by atoms with E-state index in [9.17, 15) is 0 Å². The van der Waals surface area contributed by atoms with Crippen LogP contribution in [0.15, 0.2) is 54.6 Å². The number of rotatable bonds is 5. The summed E-state index contributed by atoms with van der Waals surface area (Å²) in [5.74, 6) is 0. The average molecular weight is 408 g/mol. The van der Waals surface area contributed by atoms with Gasteiger partial charge in [-0.1, -0.05) is 0 Å². The van der Waals surface area contributed by atoms with Gasteiger partial charge in [0.2, 0.25) is 0 Å². The van der Waals surface area contributed by atoms with Crippen molar-refractivity contribution in [2.24, 2.45) is 0 Å². The van der Waals surface area contributed by atoms with E-state index in [1.807, 2.05) is 12.1 Å². The zero-order valence-electron chi connectivity index (χ0n) is 13.0. The van der Waals surface area contributed by atoms with Gasteiger partial charge < -0.3 is 0 Å². The molecule has 0 aliphatic carbocycles. The van der Waals surface area contributed by atoms with Crippen molar-refractivity contribution in [3.63, 3.8) is 0 Å². The first-order chi connectivity index (χ1) is 11.2. The van der Waals surface area contributed by atoms with Gasteiger partial charge in [-0.05, 0) is 0 Å². The van der Waals surface area contributed by atoms with Crippen LogP contribution in [-0.4, -0.2) is 15.0 Å². The Morgan fingerprint density at radius 2 is 1.70 bits per heavy atom. The first-order valence-corrected chi connectivity index (χ1v) is 10.6. The molecule has 0 saturated carbocycles. The molecule has 3 heteroatoms. The number of hydrogen-bond acceptors (Lipinski definition) is 0. The molecule has 118 valence electrons. The van der Waals surface area contributed by atoms with Crippen LogP contribution in [0.1, 0.15) is 19.8 Å². The molecule has 0 amide bonds. The number of fused-ring (bicyclic) bond motifs is 1. The average Bonchev–Trinajstić information content (AvgIpc) is 2.58. The second kappa shape index (κ2) is 7.73. The third kappa shape index (κ3) is 3.75. The molecule has 0 bridgehead atoms. The van der Waals surface area contributed by atoms with Crippen molar-refractivity contribution in [2.45, 2.75) is 25.1 Å². The molecule has 0 aliphatic rings. The summed E-state index contributed by atoms with van der Waals surface area (Å²) in [6.45, 7) is 2.23. The molecule has 3 aromatic rings. The fourth-order valence-corrected chi connectivity index (χ4v) is 5.80. The molecule has 0 spiro atoms. The van der Waals surface area contributed by atoms with E-state index in [2.05, 4.69) is 49.4 Å². The number of halogens is 2. The van der Waals surface area contributed by atoms with E-state index in [1.165, 1.54) is 39.1 Å². The standard InChI is InChI=1S/C20H18Cl2Se/c1-2-3-12-23-20-18(14-8-10-16(21)11-9-14)13-15-6-4-5-7-17(15)19(20)22/h4-11,13H,2-3,12H2,1H3. The number of hydrogen-bond donors (Lipinski definition) is 0. The van der Waals surface area contributed by atoms with E-state index < -0.39 is 0 Å². The minimum atomic E-state index is 0.381. The van der Waals surface area contributed by atoms with E-state index in [1.54, 1.807) is 0 Å². The van der Waals surface area contributed by atoms with Crippen LogP contribution < -0.4 is 4.46 Å². The van der Waals surface area contributed by atoms with E-state index >= 15 is 0 Å². The summed E-state index contributed by atoms with van der Waals surface area (Å²) in [5, 5.41) is 5.25. The van der Waals surface area contributed by atoms with Gasteiger partial charge in [-0.2, -0.15) is 0 Å². The molecule has 0 aliphatic heterocycles. The summed E-state index contributed by atoms with van der Waals surface area (Å²) in [4.78, 5) is 0. The third-order valence-electron chi connectivity index (χ3n) is 3.84. The zero-order chi connectivity index (χ0) is 16.2. The molecule has 0 radical (unpaired) electrons. The van der Waals surface area contributed by atoms with Gasteiger partial charge in [-0.15, -0.1) is 0 Å². The van der Waals surface area contributed by atoms with Crippen molar-refractivity contribution in [1.29, 1.82) is 0 Å². The van der Waals surface area contributed by atoms with Crippen LogP contribution in [0.2, 0.25) is 15.4 Å². The van der Waals surface area contributed by atoms with Gasteiger partial charge in [0, 0.05) is 0 Å². The molecule has 0 fully saturated rings. The monoisotopic (exact) mass is 408 g/mol. The van der Waals surface area contributed by atoms with Gasteiger partial charge in [-0.25, -0.2) is 0 Å². The SMILES string of the molecule is CCCC[Se]c1c(-c2ccc(Cl)cc2)cc2ccccc2c1Cl. The molecule has 0 atom stereocenters. The van der Waals surface area contributed by atoms with Crippen molar-refractivity contribution < 1.29 is 0 Å². The first-order valence-electron chi connectivity index (χ1n) is 7.80. The van der Waals surface area contributed by atoms with Crippen LogP contribution in [0.3, 0.4) is 0 Å². The predicted molar refractivity (Wildman–Crippen MR) is 105 cm³/mol. The van der Waals surface area contributed by atoms with E-state index in [0.29, 0.717) is 15.0 Å². The zero-order valence-corrected chi connectivity index (χ0v) is 16.2. The molecule has 3 rings (SSSR count). The van der Waals surface area contributed by atoms with Crippen LogP contribution in [0.4, 0.5) is 0 Å². The summed E-state index contributed by atoms with van der Waals surface area (Å²) in [5.41, 5.74) is 2.44. The Hall–Kier alpha value is -0.981. The van der Waals surface area contributed by atoms with Gasteiger partial charge in [-0.3, -0.25) is 0 Å². The van der Waals surface area contributed by atoms with Crippen molar-refractivity contribution in [3.8, 4) is 11.1 Å². The molecule has 0 saturated heterocycles. The number of benzene rings is 3. The molecule has 0 aromatic heterocycles. The van der Waals surface area contributed by atoms with Crippen LogP contribution in [-0.2, 0) is 0 Å². The van der Waals surface area contributed by atoms with Crippen molar-refractivity contribution in [1.82, 2.24) is 0 Å². The molecular formula is C20H18Cl2Se. The summed E-state index contributed by atoms with van der Waals surface area (Å²) >= 11 is 13.2. The molecule has 0 N–H and O–H groups in total. The molecule has 23 heavy (non-hydrogen) atoms. The van der Waals surface area contributed by atoms with Gasteiger partial charge in [0.05, 0.1) is 0 Å². The van der Waals surface area contributed by atoms with Gasteiger partial charge in [0.25, 0.3) is 0 Å². The number of unbranched alkanes of at least 4 members (excludes halogenated alkanes) is 1. The molecule has 0 nitrogen and oxygen atoms in total. The summed E-state index contributed by atoms with van der Waals surface area (Å²) in [6.07, 6.45) is 2.48. The Balaban J connectivity index is 2.16. The van der Waals surface area contributed by atoms with Crippen LogP contribution in [0.25, 0.3) is 21.9 Å². The molecule has 3 aromatic carbocycles. The normalized spacial score (nSPS) is 11.1. The van der Waals surface area contributed by atoms with E-state index in [0.717, 1.165) is 15.4 Å². The molecular weight excluding hydrogens is 390 g/mol. The van der Waals surface area contributed by atoms with Crippen molar-refractivity contribution in [2.75, 3.05) is 0 Å². The second-order valence-corrected chi connectivity index (χ2v) is 8.63. The molecule has 0 heterocycles. The Morgan fingerprint density at radius 3 is 2.43 bits per heavy atom. The van der Waals surface area contributed by atoms with E-state index in [4.69, 9.17) is 23.2 Å². The first kappa shape index (κ1) is 16.9. The summed E-state index contributed by atoms with van der Waals surface area (Å²) in [7, 11) is 0. The van der Waals surface area contributed by atoms with Gasteiger partial charge >= 0.3 is 154 Å². The Labute approximate surface area is 154 Å². The fourth-order valence-electron chi connectivity index (χ4n) is 2.59. The maximum atomic E-state index is 6.80. The van der Waals surface area contributed by atoms with Crippen molar-refractivity contribution >= 4 is 53.4 Å². The Kier molecular flexibility index (Phi) is 5.66. The summed E-state index contributed by atoms with van der Waals surface area (Å²) in [6, 6.07) is 18.7. The topological polar surface area (TPSA) is 0 Å². The Bertz CT molecular complexity index is 810. The van der Waals surface area contributed by atoms with E-state index in [-0.39, 0.29) is 0 Å². The van der Waals surface area contributed by atoms with Crippen LogP contribution >= 0.6 is 23.2 Å². The predicted octanol–water partition coefficient (Wildman–Crippen LogP) is 6.36. The van der Waals surface area contributed by atoms with Gasteiger partial charge in [0.15, 0.2) is 0 Å². The third-order valence-corrected chi connectivity index (χ3v) is 7.27. The second-order valence-electron chi connectivity index (χ2n) is 5.50. The molecule has 0 unspecified atom stereocenters. The van der Waals surface area contributed by atoms with Crippen LogP contribution in [0, 0.1) is 0 Å².